The number of aromatic nitrogens is 1. The molecule has 1 aliphatic rings. The smallest absolute Gasteiger partial charge is 0.317 e. The predicted molar refractivity (Wildman–Crippen MR) is 89.7 cm³/mol. The normalized spacial score (nSPS) is 17.5. The number of urea groups is 1. The van der Waals surface area contributed by atoms with Crippen LogP contribution in [0.15, 0.2) is 34.4 Å². The van der Waals surface area contributed by atoms with E-state index in [1.54, 1.807) is 18.0 Å². The Morgan fingerprint density at radius 3 is 3.08 bits per heavy atom. The van der Waals surface area contributed by atoms with Crippen LogP contribution in [0.5, 0.6) is 0 Å². The zero-order valence-electron chi connectivity index (χ0n) is 13.5. The maximum absolute atomic E-state index is 12.4. The predicted octanol–water partition coefficient (Wildman–Crippen LogP) is 2.18. The number of carbonyl (C=O) groups excluding carboxylic acids is 2. The van der Waals surface area contributed by atoms with Crippen LogP contribution in [0.25, 0.3) is 0 Å². The molecule has 0 bridgehead atoms. The lowest BCUT2D eigenvalue weighted by Gasteiger charge is -2.33. The van der Waals surface area contributed by atoms with Crippen LogP contribution in [0.4, 0.5) is 4.79 Å². The number of thiophene rings is 1. The van der Waals surface area contributed by atoms with Crippen molar-refractivity contribution in [2.45, 2.75) is 25.4 Å². The van der Waals surface area contributed by atoms with Gasteiger partial charge in [0.15, 0.2) is 0 Å². The molecule has 1 N–H and O–H groups in total. The first kappa shape index (κ1) is 16.5. The average Bonchev–Trinajstić information content (AvgIpc) is 3.28. The number of amides is 3. The molecule has 0 aromatic carbocycles. The quantitative estimate of drug-likeness (QED) is 0.918. The van der Waals surface area contributed by atoms with Gasteiger partial charge in [-0.25, -0.2) is 4.79 Å². The summed E-state index contributed by atoms with van der Waals surface area (Å²) in [5.41, 5.74) is 0.700. The number of hydrogen-bond donors (Lipinski definition) is 1. The lowest BCUT2D eigenvalue weighted by molar-refractivity contribution is 0.0699. The van der Waals surface area contributed by atoms with Crippen LogP contribution < -0.4 is 5.32 Å². The summed E-state index contributed by atoms with van der Waals surface area (Å²) in [6.07, 6.45) is 3.24. The van der Waals surface area contributed by atoms with Gasteiger partial charge >= 0.3 is 6.03 Å². The number of piperidine rings is 1. The molecule has 8 heteroatoms. The molecule has 0 spiro atoms. The van der Waals surface area contributed by atoms with Crippen molar-refractivity contribution in [2.75, 3.05) is 20.1 Å². The van der Waals surface area contributed by atoms with E-state index in [0.29, 0.717) is 18.8 Å². The van der Waals surface area contributed by atoms with Gasteiger partial charge in [-0.2, -0.15) is 0 Å². The molecule has 24 heavy (non-hydrogen) atoms. The monoisotopic (exact) mass is 348 g/mol. The zero-order valence-corrected chi connectivity index (χ0v) is 14.3. The van der Waals surface area contributed by atoms with Gasteiger partial charge in [-0.1, -0.05) is 11.2 Å². The van der Waals surface area contributed by atoms with Crippen molar-refractivity contribution in [3.63, 3.8) is 0 Å². The standard InChI is InChI=1S/C16H20N4O3S/c1-19(10-13-6-8-23-18-13)16(22)17-12-4-2-7-20(11-12)15(21)14-5-3-9-24-14/h3,5-6,8-9,12H,2,4,7,10-11H2,1H3,(H,17,22). The van der Waals surface area contributed by atoms with Crippen LogP contribution in [-0.2, 0) is 6.54 Å². The van der Waals surface area contributed by atoms with Gasteiger partial charge in [0, 0.05) is 32.2 Å². The minimum atomic E-state index is -0.173. The van der Waals surface area contributed by atoms with Gasteiger partial charge in [-0.15, -0.1) is 11.3 Å². The molecule has 3 heterocycles. The van der Waals surface area contributed by atoms with E-state index >= 15 is 0 Å². The SMILES string of the molecule is CN(Cc1ccon1)C(=O)NC1CCCN(C(=O)c2cccs2)C1. The maximum Gasteiger partial charge on any atom is 0.317 e. The highest BCUT2D eigenvalue weighted by Gasteiger charge is 2.26. The summed E-state index contributed by atoms with van der Waals surface area (Å²) >= 11 is 1.44. The first-order chi connectivity index (χ1) is 11.6. The van der Waals surface area contributed by atoms with E-state index in [2.05, 4.69) is 10.5 Å². The van der Waals surface area contributed by atoms with E-state index < -0.39 is 0 Å². The molecule has 1 atom stereocenters. The van der Waals surface area contributed by atoms with Crippen molar-refractivity contribution in [2.24, 2.45) is 0 Å². The third-order valence-electron chi connectivity index (χ3n) is 4.01. The van der Waals surface area contributed by atoms with Crippen molar-refractivity contribution in [1.82, 2.24) is 20.3 Å². The Kier molecular flexibility index (Phi) is 5.14. The van der Waals surface area contributed by atoms with E-state index in [1.807, 2.05) is 22.4 Å². The van der Waals surface area contributed by atoms with Crippen LogP contribution in [0.2, 0.25) is 0 Å². The molecular weight excluding hydrogens is 328 g/mol. The molecule has 1 fully saturated rings. The second kappa shape index (κ2) is 7.48. The van der Waals surface area contributed by atoms with E-state index in [1.165, 1.54) is 17.6 Å². The summed E-state index contributed by atoms with van der Waals surface area (Å²) in [6.45, 7) is 1.66. The van der Waals surface area contributed by atoms with Gasteiger partial charge in [-0.3, -0.25) is 4.79 Å². The third kappa shape index (κ3) is 3.94. The molecule has 128 valence electrons. The lowest BCUT2D eigenvalue weighted by Crippen LogP contribution is -2.52. The van der Waals surface area contributed by atoms with E-state index in [4.69, 9.17) is 4.52 Å². The first-order valence-electron chi connectivity index (χ1n) is 7.87. The highest BCUT2D eigenvalue weighted by Crippen LogP contribution is 2.17. The number of nitrogens with one attached hydrogen (secondary N) is 1. The van der Waals surface area contributed by atoms with Crippen LogP contribution in [-0.4, -0.2) is 53.1 Å². The fourth-order valence-electron chi connectivity index (χ4n) is 2.75. The van der Waals surface area contributed by atoms with E-state index in [-0.39, 0.29) is 18.0 Å². The molecule has 2 aromatic rings. The van der Waals surface area contributed by atoms with Gasteiger partial charge in [-0.05, 0) is 24.3 Å². The van der Waals surface area contributed by atoms with Crippen LogP contribution >= 0.6 is 11.3 Å². The summed E-state index contributed by atoms with van der Waals surface area (Å²) in [4.78, 5) is 28.8. The van der Waals surface area contributed by atoms with Gasteiger partial charge in [0.25, 0.3) is 5.91 Å². The number of likely N-dealkylation sites (tertiary alicyclic amines) is 1. The Morgan fingerprint density at radius 1 is 1.50 bits per heavy atom. The summed E-state index contributed by atoms with van der Waals surface area (Å²) in [5.74, 6) is 0.0416. The number of hydrogen-bond acceptors (Lipinski definition) is 5. The molecular formula is C16H20N4O3S. The summed E-state index contributed by atoms with van der Waals surface area (Å²) < 4.78 is 4.77. The van der Waals surface area contributed by atoms with Crippen molar-refractivity contribution in [3.05, 3.63) is 40.4 Å². The Hall–Kier alpha value is -2.35. The minimum absolute atomic E-state index is 0.0325. The lowest BCUT2D eigenvalue weighted by atomic mass is 10.1. The summed E-state index contributed by atoms with van der Waals surface area (Å²) in [7, 11) is 1.71. The van der Waals surface area contributed by atoms with Crippen LogP contribution in [0.3, 0.4) is 0 Å². The maximum atomic E-state index is 12.4. The van der Waals surface area contributed by atoms with Crippen molar-refractivity contribution < 1.29 is 14.1 Å². The zero-order chi connectivity index (χ0) is 16.9. The Labute approximate surface area is 144 Å². The molecule has 0 radical (unpaired) electrons. The third-order valence-corrected chi connectivity index (χ3v) is 4.86. The molecule has 0 aliphatic carbocycles. The summed E-state index contributed by atoms with van der Waals surface area (Å²) in [5, 5.41) is 8.70. The van der Waals surface area contributed by atoms with E-state index in [0.717, 1.165) is 24.3 Å². The van der Waals surface area contributed by atoms with Gasteiger partial charge in [0.1, 0.15) is 12.0 Å². The number of nitrogens with zero attached hydrogens (tertiary/aromatic N) is 3. The first-order valence-corrected chi connectivity index (χ1v) is 8.75. The minimum Gasteiger partial charge on any atom is -0.364 e. The second-order valence-corrected chi connectivity index (χ2v) is 6.81. The van der Waals surface area contributed by atoms with Gasteiger partial charge in [0.2, 0.25) is 0 Å². The molecule has 3 amide bonds. The fraction of sp³-hybridized carbons (Fsp3) is 0.438. The van der Waals surface area contributed by atoms with Crippen LogP contribution in [0.1, 0.15) is 28.2 Å². The van der Waals surface area contributed by atoms with Gasteiger partial charge < -0.3 is 19.6 Å². The molecule has 2 aromatic heterocycles. The molecule has 1 unspecified atom stereocenters. The number of carbonyl (C=O) groups is 2. The van der Waals surface area contributed by atoms with Crippen molar-refractivity contribution in [3.8, 4) is 0 Å². The molecule has 1 saturated heterocycles. The topological polar surface area (TPSA) is 78.7 Å². The Bertz CT molecular complexity index is 672. The largest absolute Gasteiger partial charge is 0.364 e. The van der Waals surface area contributed by atoms with Crippen molar-refractivity contribution in [1.29, 1.82) is 0 Å². The van der Waals surface area contributed by atoms with Gasteiger partial charge in [0.05, 0.1) is 11.4 Å². The average molecular weight is 348 g/mol. The second-order valence-electron chi connectivity index (χ2n) is 5.86. The molecule has 3 rings (SSSR count). The summed E-state index contributed by atoms with van der Waals surface area (Å²) in [6, 6.07) is 5.23. The highest BCUT2D eigenvalue weighted by molar-refractivity contribution is 7.12. The van der Waals surface area contributed by atoms with Crippen molar-refractivity contribution >= 4 is 23.3 Å². The molecule has 1 aliphatic heterocycles. The van der Waals surface area contributed by atoms with E-state index in [9.17, 15) is 9.59 Å². The number of rotatable bonds is 4. The Morgan fingerprint density at radius 2 is 2.38 bits per heavy atom. The highest BCUT2D eigenvalue weighted by atomic mass is 32.1. The Balaban J connectivity index is 1.53. The molecule has 0 saturated carbocycles. The van der Waals surface area contributed by atoms with Crippen LogP contribution in [0, 0.1) is 0 Å². The molecule has 7 nitrogen and oxygen atoms in total. The fourth-order valence-corrected chi connectivity index (χ4v) is 3.45.